The average molecular weight is 464 g/mol. The van der Waals surface area contributed by atoms with Gasteiger partial charge in [0, 0.05) is 18.0 Å². The Morgan fingerprint density at radius 1 is 1.10 bits per heavy atom. The fourth-order valence-corrected chi connectivity index (χ4v) is 5.77. The van der Waals surface area contributed by atoms with Crippen LogP contribution in [-0.4, -0.2) is 43.5 Å². The third-order valence-electron chi connectivity index (χ3n) is 5.26. The molecule has 164 valence electrons. The lowest BCUT2D eigenvalue weighted by Gasteiger charge is -2.28. The molecule has 0 saturated carbocycles. The molecule has 0 unspecified atom stereocenters. The Hall–Kier alpha value is -2.59. The molecule has 1 fully saturated rings. The van der Waals surface area contributed by atoms with Crippen LogP contribution in [0.25, 0.3) is 0 Å². The van der Waals surface area contributed by atoms with Crippen LogP contribution in [0.15, 0.2) is 52.3 Å². The van der Waals surface area contributed by atoms with E-state index in [9.17, 15) is 22.4 Å². The first-order valence-corrected chi connectivity index (χ1v) is 12.4. The standard InChI is InChI=1S/C21H22FN3O4S2/c22-15-7-3-4-8-16(15)24-31(28,29)14-9-10-18-17(13-14)23-20(26)19(30-18)21(27)25-11-5-1-2-6-12-25/h3-4,7-10,13,19,24H,1-2,5-6,11-12H2,(H,23,26)/t19-/m1/s1. The summed E-state index contributed by atoms with van der Waals surface area (Å²) in [6.45, 7) is 1.30. The largest absolute Gasteiger partial charge is 0.341 e. The van der Waals surface area contributed by atoms with Gasteiger partial charge in [0.1, 0.15) is 5.82 Å². The maximum atomic E-state index is 13.8. The van der Waals surface area contributed by atoms with Gasteiger partial charge < -0.3 is 10.2 Å². The van der Waals surface area contributed by atoms with Crippen LogP contribution in [0.1, 0.15) is 25.7 Å². The van der Waals surface area contributed by atoms with Gasteiger partial charge in [0.2, 0.25) is 11.8 Å². The lowest BCUT2D eigenvalue weighted by Crippen LogP contribution is -2.45. The molecule has 2 aliphatic rings. The van der Waals surface area contributed by atoms with Gasteiger partial charge in [-0.1, -0.05) is 25.0 Å². The fourth-order valence-electron chi connectivity index (χ4n) is 3.62. The number of fused-ring (bicyclic) bond motifs is 1. The van der Waals surface area contributed by atoms with Crippen molar-refractivity contribution >= 4 is 45.0 Å². The van der Waals surface area contributed by atoms with Gasteiger partial charge in [-0.25, -0.2) is 12.8 Å². The number of hydrogen-bond donors (Lipinski definition) is 2. The Bertz CT molecular complexity index is 1120. The van der Waals surface area contributed by atoms with Crippen molar-refractivity contribution in [3.63, 3.8) is 0 Å². The summed E-state index contributed by atoms with van der Waals surface area (Å²) in [5.41, 5.74) is 0.146. The predicted octanol–water partition coefficient (Wildman–Crippen LogP) is 3.44. The van der Waals surface area contributed by atoms with Crippen molar-refractivity contribution in [1.82, 2.24) is 4.90 Å². The number of thioether (sulfide) groups is 1. The van der Waals surface area contributed by atoms with Crippen molar-refractivity contribution in [1.29, 1.82) is 0 Å². The number of nitrogens with one attached hydrogen (secondary N) is 2. The van der Waals surface area contributed by atoms with Gasteiger partial charge in [-0.2, -0.15) is 0 Å². The van der Waals surface area contributed by atoms with E-state index in [2.05, 4.69) is 10.0 Å². The van der Waals surface area contributed by atoms with Gasteiger partial charge >= 0.3 is 0 Å². The highest BCUT2D eigenvalue weighted by atomic mass is 32.2. The minimum Gasteiger partial charge on any atom is -0.341 e. The zero-order valence-electron chi connectivity index (χ0n) is 16.6. The van der Waals surface area contributed by atoms with Crippen LogP contribution < -0.4 is 10.0 Å². The molecular formula is C21H22FN3O4S2. The fraction of sp³-hybridized carbons (Fsp3) is 0.333. The quantitative estimate of drug-likeness (QED) is 0.678. The van der Waals surface area contributed by atoms with E-state index >= 15 is 0 Å². The summed E-state index contributed by atoms with van der Waals surface area (Å²) < 4.78 is 41.4. The van der Waals surface area contributed by atoms with Crippen molar-refractivity contribution < 1.29 is 22.4 Å². The number of nitrogens with zero attached hydrogens (tertiary/aromatic N) is 1. The number of anilines is 2. The van der Waals surface area contributed by atoms with Crippen molar-refractivity contribution in [2.45, 2.75) is 40.7 Å². The minimum atomic E-state index is -4.06. The Morgan fingerprint density at radius 2 is 1.81 bits per heavy atom. The van der Waals surface area contributed by atoms with E-state index in [1.165, 1.54) is 30.3 Å². The number of carbonyl (C=O) groups excluding carboxylic acids is 2. The summed E-state index contributed by atoms with van der Waals surface area (Å²) in [4.78, 5) is 27.8. The molecule has 0 spiro atoms. The SMILES string of the molecule is O=C1Nc2cc(S(=O)(=O)Nc3ccccc3F)ccc2S[C@H]1C(=O)N1CCCCCC1. The zero-order valence-corrected chi connectivity index (χ0v) is 18.3. The molecule has 0 aromatic heterocycles. The number of amides is 2. The first-order chi connectivity index (χ1) is 14.8. The van der Waals surface area contributed by atoms with Crippen LogP contribution in [0.4, 0.5) is 15.8 Å². The smallest absolute Gasteiger partial charge is 0.262 e. The molecule has 2 heterocycles. The first-order valence-electron chi connectivity index (χ1n) is 10.0. The molecule has 31 heavy (non-hydrogen) atoms. The molecule has 10 heteroatoms. The van der Waals surface area contributed by atoms with E-state index in [1.807, 2.05) is 0 Å². The van der Waals surface area contributed by atoms with Gasteiger partial charge in [-0.05, 0) is 43.2 Å². The number of likely N-dealkylation sites (tertiary alicyclic amines) is 1. The van der Waals surface area contributed by atoms with Crippen molar-refractivity contribution in [2.24, 2.45) is 0 Å². The molecular weight excluding hydrogens is 441 g/mol. The summed E-state index contributed by atoms with van der Waals surface area (Å²) in [6.07, 6.45) is 4.01. The van der Waals surface area contributed by atoms with Crippen LogP contribution in [0.5, 0.6) is 0 Å². The lowest BCUT2D eigenvalue weighted by molar-refractivity contribution is -0.133. The van der Waals surface area contributed by atoms with Crippen LogP contribution in [-0.2, 0) is 19.6 Å². The highest BCUT2D eigenvalue weighted by Crippen LogP contribution is 2.38. The molecule has 1 saturated heterocycles. The van der Waals surface area contributed by atoms with E-state index in [0.29, 0.717) is 23.7 Å². The molecule has 0 radical (unpaired) electrons. The van der Waals surface area contributed by atoms with Crippen molar-refractivity contribution in [2.75, 3.05) is 23.1 Å². The van der Waals surface area contributed by atoms with Crippen LogP contribution >= 0.6 is 11.8 Å². The molecule has 2 amide bonds. The van der Waals surface area contributed by atoms with Gasteiger partial charge in [-0.15, -0.1) is 11.8 Å². The van der Waals surface area contributed by atoms with Gasteiger partial charge in [0.25, 0.3) is 10.0 Å². The van der Waals surface area contributed by atoms with Gasteiger partial charge in [-0.3, -0.25) is 14.3 Å². The summed E-state index contributed by atoms with van der Waals surface area (Å²) in [6, 6.07) is 9.70. The predicted molar refractivity (Wildman–Crippen MR) is 117 cm³/mol. The number of para-hydroxylation sites is 1. The van der Waals surface area contributed by atoms with Crippen LogP contribution in [0, 0.1) is 5.82 Å². The summed E-state index contributed by atoms with van der Waals surface area (Å²) in [5.74, 6) is -1.38. The second kappa shape index (κ2) is 8.88. The topological polar surface area (TPSA) is 95.6 Å². The van der Waals surface area contributed by atoms with Crippen LogP contribution in [0.3, 0.4) is 0 Å². The van der Waals surface area contributed by atoms with Crippen molar-refractivity contribution in [3.05, 3.63) is 48.3 Å². The summed E-state index contributed by atoms with van der Waals surface area (Å²) in [5, 5.41) is 1.76. The highest BCUT2D eigenvalue weighted by Gasteiger charge is 2.36. The van der Waals surface area contributed by atoms with E-state index in [1.54, 1.807) is 11.0 Å². The maximum Gasteiger partial charge on any atom is 0.262 e. The summed E-state index contributed by atoms with van der Waals surface area (Å²) >= 11 is 1.12. The van der Waals surface area contributed by atoms with Gasteiger partial charge in [0.05, 0.1) is 16.3 Å². The first kappa shape index (κ1) is 21.6. The monoisotopic (exact) mass is 463 g/mol. The van der Waals surface area contributed by atoms with E-state index in [-0.39, 0.29) is 16.5 Å². The zero-order chi connectivity index (χ0) is 22.0. The van der Waals surface area contributed by atoms with Crippen molar-refractivity contribution in [3.8, 4) is 0 Å². The van der Waals surface area contributed by atoms with Gasteiger partial charge in [0.15, 0.2) is 5.25 Å². The number of rotatable bonds is 4. The van der Waals surface area contributed by atoms with Crippen LogP contribution in [0.2, 0.25) is 0 Å². The number of hydrogen-bond acceptors (Lipinski definition) is 5. The Balaban J connectivity index is 1.54. The van der Waals surface area contributed by atoms with E-state index in [4.69, 9.17) is 0 Å². The van der Waals surface area contributed by atoms with E-state index < -0.39 is 27.0 Å². The molecule has 2 aromatic rings. The molecule has 7 nitrogen and oxygen atoms in total. The third-order valence-corrected chi connectivity index (χ3v) is 7.89. The molecule has 0 bridgehead atoms. The maximum absolute atomic E-state index is 13.8. The van der Waals surface area contributed by atoms with E-state index in [0.717, 1.165) is 43.5 Å². The number of carbonyl (C=O) groups is 2. The third kappa shape index (κ3) is 4.69. The summed E-state index contributed by atoms with van der Waals surface area (Å²) in [7, 11) is -4.06. The highest BCUT2D eigenvalue weighted by molar-refractivity contribution is 8.01. The molecule has 0 aliphatic carbocycles. The molecule has 2 aliphatic heterocycles. The normalized spacial score (nSPS) is 19.2. The molecule has 1 atom stereocenters. The Kier molecular flexibility index (Phi) is 6.19. The number of benzene rings is 2. The average Bonchev–Trinajstić information content (AvgIpc) is 3.03. The number of halogens is 1. The second-order valence-electron chi connectivity index (χ2n) is 7.47. The molecule has 4 rings (SSSR count). The molecule has 2 aromatic carbocycles. The number of sulfonamides is 1. The Morgan fingerprint density at radius 3 is 2.52 bits per heavy atom. The minimum absolute atomic E-state index is 0.118. The molecule has 2 N–H and O–H groups in total. The Labute approximate surface area is 184 Å². The lowest BCUT2D eigenvalue weighted by atomic mass is 10.2. The second-order valence-corrected chi connectivity index (χ2v) is 10.3.